The van der Waals surface area contributed by atoms with Crippen LogP contribution in [0.25, 0.3) is 11.4 Å². The van der Waals surface area contributed by atoms with Crippen LogP contribution in [0.1, 0.15) is 0 Å². The van der Waals surface area contributed by atoms with Crippen LogP contribution in [0.2, 0.25) is 0 Å². The molecule has 0 spiro atoms. The topological polar surface area (TPSA) is 78.9 Å². The smallest absolute Gasteiger partial charge is 0.204 e. The van der Waals surface area contributed by atoms with Gasteiger partial charge in [0, 0.05) is 12.1 Å². The van der Waals surface area contributed by atoms with Crippen LogP contribution in [0.5, 0.6) is 5.75 Å². The van der Waals surface area contributed by atoms with E-state index in [1.54, 1.807) is 7.11 Å². The van der Waals surface area contributed by atoms with Crippen LogP contribution in [0, 0.1) is 0 Å². The maximum absolute atomic E-state index is 5.40. The molecule has 6 heteroatoms. The highest BCUT2D eigenvalue weighted by Crippen LogP contribution is 2.17. The molecule has 1 aromatic carbocycles. The normalized spacial score (nSPS) is 10.4. The number of methoxy groups -OCH3 is 1. The van der Waals surface area contributed by atoms with Gasteiger partial charge in [-0.3, -0.25) is 0 Å². The number of nitrogens with two attached hydrogens (primary N) is 1. The lowest BCUT2D eigenvalue weighted by Crippen LogP contribution is -2.12. The van der Waals surface area contributed by atoms with Crippen LogP contribution in [0.15, 0.2) is 24.3 Å². The fourth-order valence-electron chi connectivity index (χ4n) is 1.31. The number of rotatable bonds is 4. The predicted molar refractivity (Wildman–Crippen MR) is 58.9 cm³/mol. The van der Waals surface area contributed by atoms with Gasteiger partial charge >= 0.3 is 0 Å². The summed E-state index contributed by atoms with van der Waals surface area (Å²) in [5.41, 5.74) is 6.31. The molecule has 0 unspecified atom stereocenters. The van der Waals surface area contributed by atoms with Gasteiger partial charge in [0.1, 0.15) is 5.75 Å². The summed E-state index contributed by atoms with van der Waals surface area (Å²) in [5.74, 6) is 1.40. The van der Waals surface area contributed by atoms with Crippen LogP contribution in [0.3, 0.4) is 0 Å². The summed E-state index contributed by atoms with van der Waals surface area (Å²) in [6.45, 7) is 1.07. The van der Waals surface area contributed by atoms with Crippen LogP contribution < -0.4 is 10.5 Å². The minimum Gasteiger partial charge on any atom is -0.497 e. The Morgan fingerprint density at radius 2 is 2.06 bits per heavy atom. The number of benzene rings is 1. The monoisotopic (exact) mass is 219 g/mol. The van der Waals surface area contributed by atoms with Crippen molar-refractivity contribution in [2.24, 2.45) is 5.73 Å². The average molecular weight is 219 g/mol. The SMILES string of the molecule is COc1ccc(-c2nnn(CCN)n2)cc1. The van der Waals surface area contributed by atoms with E-state index in [2.05, 4.69) is 15.4 Å². The number of hydrogen-bond donors (Lipinski definition) is 1. The maximum Gasteiger partial charge on any atom is 0.204 e. The van der Waals surface area contributed by atoms with Gasteiger partial charge in [-0.2, -0.15) is 4.80 Å². The number of nitrogens with zero attached hydrogens (tertiary/aromatic N) is 4. The average Bonchev–Trinajstić information content (AvgIpc) is 2.78. The van der Waals surface area contributed by atoms with E-state index in [1.165, 1.54) is 4.80 Å². The molecule has 0 amide bonds. The van der Waals surface area contributed by atoms with E-state index in [0.29, 0.717) is 18.9 Å². The van der Waals surface area contributed by atoms with Gasteiger partial charge in [-0.25, -0.2) is 0 Å². The number of aromatic nitrogens is 4. The Labute approximate surface area is 93.0 Å². The summed E-state index contributed by atoms with van der Waals surface area (Å²) in [4.78, 5) is 1.49. The number of tetrazole rings is 1. The van der Waals surface area contributed by atoms with Crippen molar-refractivity contribution in [3.8, 4) is 17.1 Å². The molecular weight excluding hydrogens is 206 g/mol. The molecule has 0 saturated carbocycles. The molecule has 0 aliphatic carbocycles. The van der Waals surface area contributed by atoms with E-state index in [-0.39, 0.29) is 0 Å². The van der Waals surface area contributed by atoms with Gasteiger partial charge in [0.2, 0.25) is 5.82 Å². The Kier molecular flexibility index (Phi) is 3.11. The first-order valence-electron chi connectivity index (χ1n) is 4.96. The van der Waals surface area contributed by atoms with Gasteiger partial charge in [0.05, 0.1) is 13.7 Å². The zero-order valence-corrected chi connectivity index (χ0v) is 9.00. The predicted octanol–water partition coefficient (Wildman–Crippen LogP) is 0.307. The zero-order chi connectivity index (χ0) is 11.4. The zero-order valence-electron chi connectivity index (χ0n) is 9.00. The van der Waals surface area contributed by atoms with E-state index in [9.17, 15) is 0 Å². The van der Waals surface area contributed by atoms with Crippen molar-refractivity contribution in [3.05, 3.63) is 24.3 Å². The molecule has 0 saturated heterocycles. The maximum atomic E-state index is 5.40. The number of ether oxygens (including phenoxy) is 1. The highest BCUT2D eigenvalue weighted by molar-refractivity contribution is 5.55. The summed E-state index contributed by atoms with van der Waals surface area (Å²) in [7, 11) is 1.63. The van der Waals surface area contributed by atoms with E-state index < -0.39 is 0 Å². The minimum atomic E-state index is 0.498. The molecule has 84 valence electrons. The molecule has 0 atom stereocenters. The summed E-state index contributed by atoms with van der Waals surface area (Å²) in [6, 6.07) is 7.50. The first kappa shape index (κ1) is 10.6. The fraction of sp³-hybridized carbons (Fsp3) is 0.300. The molecule has 2 rings (SSSR count). The van der Waals surface area contributed by atoms with Gasteiger partial charge in [-0.1, -0.05) is 0 Å². The first-order chi connectivity index (χ1) is 7.83. The van der Waals surface area contributed by atoms with E-state index in [1.807, 2.05) is 24.3 Å². The van der Waals surface area contributed by atoms with Crippen LogP contribution in [-0.2, 0) is 6.54 Å². The second-order valence-corrected chi connectivity index (χ2v) is 3.23. The molecule has 0 fully saturated rings. The lowest BCUT2D eigenvalue weighted by Gasteiger charge is -1.99. The highest BCUT2D eigenvalue weighted by atomic mass is 16.5. The van der Waals surface area contributed by atoms with E-state index >= 15 is 0 Å². The molecule has 1 aromatic heterocycles. The largest absolute Gasteiger partial charge is 0.497 e. The Hall–Kier alpha value is -1.95. The van der Waals surface area contributed by atoms with Gasteiger partial charge in [-0.15, -0.1) is 10.2 Å². The lowest BCUT2D eigenvalue weighted by atomic mass is 10.2. The second-order valence-electron chi connectivity index (χ2n) is 3.23. The quantitative estimate of drug-likeness (QED) is 0.800. The summed E-state index contributed by atoms with van der Waals surface area (Å²) < 4.78 is 5.07. The Morgan fingerprint density at radius 3 is 2.69 bits per heavy atom. The molecule has 0 bridgehead atoms. The van der Waals surface area contributed by atoms with Crippen LogP contribution >= 0.6 is 0 Å². The van der Waals surface area contributed by atoms with Crippen LogP contribution in [0.4, 0.5) is 0 Å². The molecule has 0 aliphatic heterocycles. The van der Waals surface area contributed by atoms with Gasteiger partial charge in [-0.05, 0) is 29.5 Å². The molecule has 2 aromatic rings. The van der Waals surface area contributed by atoms with Crippen molar-refractivity contribution in [1.82, 2.24) is 20.2 Å². The Bertz CT molecular complexity index is 450. The standard InChI is InChI=1S/C10H13N5O/c1-16-9-4-2-8(3-5-9)10-12-14-15(13-10)7-6-11/h2-5H,6-7,11H2,1H3. The summed E-state index contributed by atoms with van der Waals surface area (Å²) in [6.07, 6.45) is 0. The Morgan fingerprint density at radius 1 is 1.31 bits per heavy atom. The Balaban J connectivity index is 2.21. The molecule has 16 heavy (non-hydrogen) atoms. The van der Waals surface area contributed by atoms with Gasteiger partial charge in [0.25, 0.3) is 0 Å². The van der Waals surface area contributed by atoms with Crippen molar-refractivity contribution in [2.45, 2.75) is 6.54 Å². The van der Waals surface area contributed by atoms with Crippen molar-refractivity contribution in [2.75, 3.05) is 13.7 Å². The second kappa shape index (κ2) is 4.71. The molecule has 2 N–H and O–H groups in total. The number of hydrogen-bond acceptors (Lipinski definition) is 5. The lowest BCUT2D eigenvalue weighted by molar-refractivity contribution is 0.415. The van der Waals surface area contributed by atoms with Crippen molar-refractivity contribution >= 4 is 0 Å². The highest BCUT2D eigenvalue weighted by Gasteiger charge is 2.05. The van der Waals surface area contributed by atoms with Crippen molar-refractivity contribution in [3.63, 3.8) is 0 Å². The molecule has 0 aliphatic rings. The first-order valence-corrected chi connectivity index (χ1v) is 4.96. The fourth-order valence-corrected chi connectivity index (χ4v) is 1.31. The van der Waals surface area contributed by atoms with Gasteiger partial charge in [0.15, 0.2) is 0 Å². The van der Waals surface area contributed by atoms with Crippen LogP contribution in [-0.4, -0.2) is 33.9 Å². The molecule has 1 heterocycles. The minimum absolute atomic E-state index is 0.498. The van der Waals surface area contributed by atoms with Crippen molar-refractivity contribution in [1.29, 1.82) is 0 Å². The van der Waals surface area contributed by atoms with E-state index in [4.69, 9.17) is 10.5 Å². The van der Waals surface area contributed by atoms with E-state index in [0.717, 1.165) is 11.3 Å². The molecule has 0 radical (unpaired) electrons. The summed E-state index contributed by atoms with van der Waals surface area (Å²) in [5, 5.41) is 12.0. The third-order valence-corrected chi connectivity index (χ3v) is 2.13. The molecular formula is C10H13N5O. The third kappa shape index (κ3) is 2.17. The van der Waals surface area contributed by atoms with Crippen molar-refractivity contribution < 1.29 is 4.74 Å². The summed E-state index contributed by atoms with van der Waals surface area (Å²) >= 11 is 0. The third-order valence-electron chi connectivity index (χ3n) is 2.13. The molecule has 6 nitrogen and oxygen atoms in total. The van der Waals surface area contributed by atoms with Gasteiger partial charge < -0.3 is 10.5 Å².